The summed E-state index contributed by atoms with van der Waals surface area (Å²) < 4.78 is 1.52. The highest BCUT2D eigenvalue weighted by Crippen LogP contribution is 2.43. The molecule has 2 aliphatic carbocycles. The van der Waals surface area contributed by atoms with Crippen molar-refractivity contribution in [2.24, 2.45) is 5.92 Å². The number of aliphatic hydroxyl groups excluding tert-OH is 1. The summed E-state index contributed by atoms with van der Waals surface area (Å²) in [7, 11) is 0. The molecule has 1 aromatic heterocycles. The van der Waals surface area contributed by atoms with Crippen LogP contribution < -0.4 is 4.90 Å². The summed E-state index contributed by atoms with van der Waals surface area (Å²) in [6.45, 7) is 0.694. The van der Waals surface area contributed by atoms with Crippen molar-refractivity contribution in [3.05, 3.63) is 45.6 Å². The number of fused-ring (bicyclic) bond motifs is 1. The van der Waals surface area contributed by atoms with E-state index < -0.39 is 18.0 Å². The smallest absolute Gasteiger partial charge is 0.309 e. The second kappa shape index (κ2) is 7.95. The highest BCUT2D eigenvalue weighted by molar-refractivity contribution is 6.34. The Kier molecular flexibility index (Phi) is 5.26. The predicted octanol–water partition coefficient (Wildman–Crippen LogP) is 3.25. The van der Waals surface area contributed by atoms with Crippen LogP contribution in [0.15, 0.2) is 18.2 Å². The number of rotatable bonds is 4. The Morgan fingerprint density at radius 1 is 1.13 bits per heavy atom. The van der Waals surface area contributed by atoms with E-state index in [0.717, 1.165) is 55.3 Å². The van der Waals surface area contributed by atoms with Gasteiger partial charge in [0, 0.05) is 18.7 Å². The minimum atomic E-state index is -0.971. The third-order valence-corrected chi connectivity index (χ3v) is 7.14. The van der Waals surface area contributed by atoms with Gasteiger partial charge in [-0.2, -0.15) is 4.68 Å². The van der Waals surface area contributed by atoms with Crippen LogP contribution in [0.3, 0.4) is 0 Å². The maximum Gasteiger partial charge on any atom is 0.309 e. The van der Waals surface area contributed by atoms with Gasteiger partial charge >= 0.3 is 5.97 Å². The van der Waals surface area contributed by atoms with Crippen LogP contribution in [0.2, 0.25) is 5.02 Å². The van der Waals surface area contributed by atoms with Crippen molar-refractivity contribution >= 4 is 29.3 Å². The molecule has 5 rings (SSSR count). The molecule has 1 aliphatic heterocycles. The summed E-state index contributed by atoms with van der Waals surface area (Å²) in [5.74, 6) is -0.848. The molecule has 164 valence electrons. The van der Waals surface area contributed by atoms with Crippen LogP contribution in [0.25, 0.3) is 0 Å². The summed E-state index contributed by atoms with van der Waals surface area (Å²) in [4.78, 5) is 27.0. The number of carbonyl (C=O) groups excluding carboxylic acids is 1. The number of piperidine rings is 1. The number of hydrogen-bond donors (Lipinski definition) is 2. The number of carboxylic acid groups (broad SMARTS) is 1. The molecule has 2 fully saturated rings. The fraction of sp³-hybridized carbons (Fsp3) is 0.522. The second-order valence-electron chi connectivity index (χ2n) is 8.90. The van der Waals surface area contributed by atoms with E-state index in [9.17, 15) is 19.8 Å². The predicted molar refractivity (Wildman–Crippen MR) is 116 cm³/mol. The van der Waals surface area contributed by atoms with Crippen LogP contribution >= 0.6 is 11.6 Å². The number of aromatic nitrogens is 2. The third-order valence-electron chi connectivity index (χ3n) is 6.83. The molecule has 0 spiro atoms. The minimum Gasteiger partial charge on any atom is -0.481 e. The lowest BCUT2D eigenvalue weighted by Gasteiger charge is -2.34. The molecule has 31 heavy (non-hydrogen) atoms. The maximum absolute atomic E-state index is 13.7. The molecular formula is C23H26ClN3O4. The molecule has 2 heterocycles. The van der Waals surface area contributed by atoms with E-state index in [1.54, 1.807) is 6.07 Å². The monoisotopic (exact) mass is 443 g/mol. The molecule has 8 heteroatoms. The van der Waals surface area contributed by atoms with Crippen molar-refractivity contribution in [1.29, 1.82) is 0 Å². The number of halogens is 1. The van der Waals surface area contributed by atoms with Crippen LogP contribution in [0.5, 0.6) is 0 Å². The molecule has 1 aromatic carbocycles. The first kappa shape index (κ1) is 20.5. The average Bonchev–Trinajstić information content (AvgIpc) is 3.53. The molecule has 1 saturated carbocycles. The average molecular weight is 444 g/mol. The lowest BCUT2D eigenvalue weighted by molar-refractivity contribution is -0.146. The van der Waals surface area contributed by atoms with E-state index in [2.05, 4.69) is 0 Å². The molecule has 2 N–H and O–H groups in total. The highest BCUT2D eigenvalue weighted by atomic mass is 35.5. The van der Waals surface area contributed by atoms with Gasteiger partial charge in [0.1, 0.15) is 0 Å². The molecule has 7 nitrogen and oxygen atoms in total. The number of carbonyl (C=O) groups is 2. The van der Waals surface area contributed by atoms with Crippen molar-refractivity contribution in [1.82, 2.24) is 9.78 Å². The van der Waals surface area contributed by atoms with E-state index in [-0.39, 0.29) is 12.5 Å². The van der Waals surface area contributed by atoms with E-state index in [0.29, 0.717) is 35.3 Å². The summed E-state index contributed by atoms with van der Waals surface area (Å²) in [6, 6.07) is 5.63. The van der Waals surface area contributed by atoms with Gasteiger partial charge in [-0.15, -0.1) is 5.10 Å². The van der Waals surface area contributed by atoms with E-state index in [4.69, 9.17) is 16.7 Å². The Bertz CT molecular complexity index is 1050. The van der Waals surface area contributed by atoms with Gasteiger partial charge < -0.3 is 15.1 Å². The summed E-state index contributed by atoms with van der Waals surface area (Å²) in [5, 5.41) is 24.9. The maximum atomic E-state index is 13.7. The number of aliphatic carboxylic acids is 1. The van der Waals surface area contributed by atoms with Gasteiger partial charge in [-0.05, 0) is 62.5 Å². The van der Waals surface area contributed by atoms with Gasteiger partial charge in [0.15, 0.2) is 5.82 Å². The number of aliphatic hydroxyl groups is 1. The molecule has 0 amide bonds. The van der Waals surface area contributed by atoms with Crippen LogP contribution in [0.4, 0.5) is 5.82 Å². The van der Waals surface area contributed by atoms with Gasteiger partial charge in [-0.3, -0.25) is 9.59 Å². The minimum absolute atomic E-state index is 0.196. The zero-order chi connectivity index (χ0) is 21.7. The third kappa shape index (κ3) is 3.64. The molecular weight excluding hydrogens is 418 g/mol. The molecule has 2 unspecified atom stereocenters. The first-order chi connectivity index (χ1) is 15.0. The van der Waals surface area contributed by atoms with Crippen LogP contribution in [0, 0.1) is 5.92 Å². The SMILES string of the molecule is O=C(O)C1CCN(c2nn(C(=O)c3c(Cl)cccc3C3CC3)c3c2CCCC3)CC1O. The number of anilines is 1. The van der Waals surface area contributed by atoms with Gasteiger partial charge in [0.25, 0.3) is 5.91 Å². The zero-order valence-corrected chi connectivity index (χ0v) is 18.0. The van der Waals surface area contributed by atoms with E-state index >= 15 is 0 Å². The molecule has 2 atom stereocenters. The van der Waals surface area contributed by atoms with Crippen molar-refractivity contribution in [3.8, 4) is 0 Å². The first-order valence-electron chi connectivity index (χ1n) is 11.1. The number of β-amino-alcohol motifs (C(OH)–C–C–N with tert-alkyl or cyclic N) is 1. The van der Waals surface area contributed by atoms with Gasteiger partial charge in [0.05, 0.1) is 28.3 Å². The Labute approximate surface area is 185 Å². The van der Waals surface area contributed by atoms with Gasteiger partial charge in [-0.25, -0.2) is 0 Å². The van der Waals surface area contributed by atoms with Crippen molar-refractivity contribution < 1.29 is 19.8 Å². The normalized spacial score (nSPS) is 23.5. The van der Waals surface area contributed by atoms with Crippen LogP contribution in [-0.4, -0.2) is 51.1 Å². The Hall–Kier alpha value is -2.38. The topological polar surface area (TPSA) is 95.7 Å². The molecule has 1 saturated heterocycles. The quantitative estimate of drug-likeness (QED) is 0.753. The largest absolute Gasteiger partial charge is 0.481 e. The Morgan fingerprint density at radius 3 is 2.61 bits per heavy atom. The number of nitrogens with zero attached hydrogens (tertiary/aromatic N) is 3. The molecule has 3 aliphatic rings. The van der Waals surface area contributed by atoms with Crippen molar-refractivity contribution in [2.75, 3.05) is 18.0 Å². The molecule has 0 radical (unpaired) electrons. The fourth-order valence-electron chi connectivity index (χ4n) is 5.02. The van der Waals surface area contributed by atoms with Gasteiger partial charge in [-0.1, -0.05) is 23.7 Å². The van der Waals surface area contributed by atoms with E-state index in [1.165, 1.54) is 4.68 Å². The lowest BCUT2D eigenvalue weighted by atomic mass is 9.92. The lowest BCUT2D eigenvalue weighted by Crippen LogP contribution is -2.47. The Balaban J connectivity index is 1.53. The van der Waals surface area contributed by atoms with Crippen molar-refractivity contribution in [3.63, 3.8) is 0 Å². The summed E-state index contributed by atoms with van der Waals surface area (Å²) >= 11 is 6.49. The van der Waals surface area contributed by atoms with Crippen molar-refractivity contribution in [2.45, 2.75) is 57.0 Å². The molecule has 0 bridgehead atoms. The van der Waals surface area contributed by atoms with Crippen LogP contribution in [0.1, 0.15) is 65.2 Å². The number of carboxylic acids is 1. The first-order valence-corrected chi connectivity index (χ1v) is 11.4. The van der Waals surface area contributed by atoms with Crippen LogP contribution in [-0.2, 0) is 17.6 Å². The fourth-order valence-corrected chi connectivity index (χ4v) is 5.28. The zero-order valence-electron chi connectivity index (χ0n) is 17.3. The second-order valence-corrected chi connectivity index (χ2v) is 9.31. The van der Waals surface area contributed by atoms with Gasteiger partial charge in [0.2, 0.25) is 0 Å². The highest BCUT2D eigenvalue weighted by Gasteiger charge is 2.37. The summed E-state index contributed by atoms with van der Waals surface area (Å²) in [6.07, 6.45) is 5.13. The number of hydrogen-bond acceptors (Lipinski definition) is 5. The number of benzene rings is 1. The standard InChI is InChI=1S/C23H26ClN3O4/c24-17-6-3-5-14(13-8-9-13)20(17)22(29)27-18-7-2-1-4-15(18)21(25-27)26-11-10-16(23(30)31)19(28)12-26/h3,5-6,13,16,19,28H,1-2,4,7-12H2,(H,30,31). The molecule has 2 aromatic rings. The Morgan fingerprint density at radius 2 is 1.90 bits per heavy atom. The van der Waals surface area contributed by atoms with E-state index in [1.807, 2.05) is 17.0 Å². The summed E-state index contributed by atoms with van der Waals surface area (Å²) in [5.41, 5.74) is 3.50.